The Balaban J connectivity index is 1.90. The molecule has 1 N–H and O–H groups in total. The maximum atomic E-state index is 12.3. The Kier molecular flexibility index (Phi) is 4.85. The van der Waals surface area contributed by atoms with Crippen molar-refractivity contribution in [1.29, 1.82) is 0 Å². The molecule has 0 bridgehead atoms. The van der Waals surface area contributed by atoms with E-state index in [0.717, 1.165) is 25.2 Å². The van der Waals surface area contributed by atoms with Crippen LogP contribution >= 0.6 is 0 Å². The fourth-order valence-electron chi connectivity index (χ4n) is 1.86. The van der Waals surface area contributed by atoms with Crippen LogP contribution in [0.3, 0.4) is 0 Å². The molecule has 0 saturated heterocycles. The fourth-order valence-corrected chi connectivity index (χ4v) is 2.93. The summed E-state index contributed by atoms with van der Waals surface area (Å²) in [5.74, 6) is 0. The molecule has 0 fully saturated rings. The van der Waals surface area contributed by atoms with Crippen LogP contribution in [0, 0.1) is 0 Å². The molecule has 6 nitrogen and oxygen atoms in total. The molecule has 0 aromatic carbocycles. The zero-order valence-electron chi connectivity index (χ0n) is 13.2. The van der Waals surface area contributed by atoms with Gasteiger partial charge >= 0.3 is 0 Å². The lowest BCUT2D eigenvalue weighted by Crippen LogP contribution is -2.28. The predicted molar refractivity (Wildman–Crippen MR) is 86.5 cm³/mol. The molecule has 0 radical (unpaired) electrons. The number of aryl methyl sites for hydroxylation is 1. The molecule has 0 unspecified atom stereocenters. The molecule has 2 heterocycles. The van der Waals surface area contributed by atoms with Crippen LogP contribution in [0.15, 0.2) is 41.8 Å². The summed E-state index contributed by atoms with van der Waals surface area (Å²) in [6.07, 6.45) is 6.16. The lowest BCUT2D eigenvalue weighted by molar-refractivity contribution is 0.556. The molecule has 0 amide bonds. The Morgan fingerprint density at radius 2 is 2.05 bits per heavy atom. The van der Waals surface area contributed by atoms with Crippen LogP contribution in [0.25, 0.3) is 0 Å². The van der Waals surface area contributed by atoms with Crippen LogP contribution in [0.2, 0.25) is 0 Å². The molecular formula is C15H22N4O2S. The lowest BCUT2D eigenvalue weighted by Gasteiger charge is -2.18. The third-order valence-corrected chi connectivity index (χ3v) is 5.67. The monoisotopic (exact) mass is 322 g/mol. The summed E-state index contributed by atoms with van der Waals surface area (Å²) in [4.78, 5) is 4.08. The number of sulfone groups is 1. The Labute approximate surface area is 131 Å². The second-order valence-corrected chi connectivity index (χ2v) is 8.70. The van der Waals surface area contributed by atoms with Crippen molar-refractivity contribution in [1.82, 2.24) is 14.8 Å². The van der Waals surface area contributed by atoms with Gasteiger partial charge in [0.05, 0.1) is 16.6 Å². The number of anilines is 1. The van der Waals surface area contributed by atoms with Crippen LogP contribution in [0.1, 0.15) is 27.2 Å². The average Bonchev–Trinajstić information content (AvgIpc) is 2.96. The van der Waals surface area contributed by atoms with Crippen LogP contribution in [-0.4, -0.2) is 34.5 Å². The highest BCUT2D eigenvalue weighted by Gasteiger charge is 2.31. The summed E-state index contributed by atoms with van der Waals surface area (Å²) in [7, 11) is -3.40. The summed E-state index contributed by atoms with van der Waals surface area (Å²) in [6, 6.07) is 5.20. The summed E-state index contributed by atoms with van der Waals surface area (Å²) in [5.41, 5.74) is 0.813. The number of nitrogens with zero attached hydrogens (tertiary/aromatic N) is 3. The Morgan fingerprint density at radius 1 is 1.27 bits per heavy atom. The van der Waals surface area contributed by atoms with Crippen LogP contribution in [0.5, 0.6) is 0 Å². The van der Waals surface area contributed by atoms with E-state index in [4.69, 9.17) is 0 Å². The van der Waals surface area contributed by atoms with Crippen LogP contribution in [0.4, 0.5) is 5.69 Å². The summed E-state index contributed by atoms with van der Waals surface area (Å²) in [6.45, 7) is 6.62. The molecule has 0 atom stereocenters. The highest BCUT2D eigenvalue weighted by molar-refractivity contribution is 7.92. The minimum Gasteiger partial charge on any atom is -0.384 e. The smallest absolute Gasteiger partial charge is 0.200 e. The van der Waals surface area contributed by atoms with E-state index in [1.165, 1.54) is 0 Å². The second kappa shape index (κ2) is 6.48. The molecule has 120 valence electrons. The van der Waals surface area contributed by atoms with E-state index in [2.05, 4.69) is 15.4 Å². The fraction of sp³-hybridized carbons (Fsp3) is 0.467. The van der Waals surface area contributed by atoms with Crippen molar-refractivity contribution >= 4 is 15.5 Å². The third kappa shape index (κ3) is 3.85. The molecule has 0 spiro atoms. The standard InChI is InChI=1S/C15H22N4O2S/c1-15(2,3)22(20,21)14-7-6-13(12-17-14)16-8-4-10-19-11-5-9-18-19/h5-7,9,11-12,16H,4,8,10H2,1-3H3. The largest absolute Gasteiger partial charge is 0.384 e. The van der Waals surface area contributed by atoms with Gasteiger partial charge in [-0.05, 0) is 45.4 Å². The Bertz CT molecular complexity index is 686. The van der Waals surface area contributed by atoms with Crippen molar-refractivity contribution in [2.24, 2.45) is 0 Å². The minimum atomic E-state index is -3.40. The molecular weight excluding hydrogens is 300 g/mol. The van der Waals surface area contributed by atoms with Gasteiger partial charge in [-0.1, -0.05) is 0 Å². The zero-order chi connectivity index (χ0) is 16.2. The van der Waals surface area contributed by atoms with Gasteiger partial charge in [-0.2, -0.15) is 5.10 Å². The number of hydrogen-bond donors (Lipinski definition) is 1. The quantitative estimate of drug-likeness (QED) is 0.826. The van der Waals surface area contributed by atoms with E-state index >= 15 is 0 Å². The first kappa shape index (κ1) is 16.5. The van der Waals surface area contributed by atoms with Crippen LogP contribution in [-0.2, 0) is 16.4 Å². The van der Waals surface area contributed by atoms with Crippen LogP contribution < -0.4 is 5.32 Å². The molecule has 22 heavy (non-hydrogen) atoms. The molecule has 0 aliphatic heterocycles. The van der Waals surface area contributed by atoms with E-state index in [1.54, 1.807) is 45.3 Å². The zero-order valence-corrected chi connectivity index (χ0v) is 14.0. The summed E-state index contributed by atoms with van der Waals surface area (Å²) >= 11 is 0. The molecule has 2 aromatic rings. The first-order valence-electron chi connectivity index (χ1n) is 7.23. The van der Waals surface area contributed by atoms with Crippen molar-refractivity contribution in [2.75, 3.05) is 11.9 Å². The van der Waals surface area contributed by atoms with Gasteiger partial charge in [-0.15, -0.1) is 0 Å². The van der Waals surface area contributed by atoms with E-state index < -0.39 is 14.6 Å². The maximum absolute atomic E-state index is 12.3. The van der Waals surface area contributed by atoms with E-state index in [1.807, 2.05) is 16.9 Å². The number of hydrogen-bond acceptors (Lipinski definition) is 5. The van der Waals surface area contributed by atoms with E-state index in [-0.39, 0.29) is 5.03 Å². The summed E-state index contributed by atoms with van der Waals surface area (Å²) < 4.78 is 25.6. The number of rotatable bonds is 6. The highest BCUT2D eigenvalue weighted by atomic mass is 32.2. The van der Waals surface area contributed by atoms with Gasteiger partial charge < -0.3 is 5.32 Å². The van der Waals surface area contributed by atoms with Gasteiger partial charge in [0.25, 0.3) is 0 Å². The molecule has 2 aromatic heterocycles. The second-order valence-electron chi connectivity index (χ2n) is 6.05. The highest BCUT2D eigenvalue weighted by Crippen LogP contribution is 2.23. The number of pyridine rings is 1. The van der Waals surface area contributed by atoms with Crippen molar-refractivity contribution < 1.29 is 8.42 Å². The van der Waals surface area contributed by atoms with Crippen molar-refractivity contribution in [3.8, 4) is 0 Å². The maximum Gasteiger partial charge on any atom is 0.200 e. The van der Waals surface area contributed by atoms with Gasteiger partial charge in [-0.3, -0.25) is 4.68 Å². The number of aromatic nitrogens is 3. The van der Waals surface area contributed by atoms with E-state index in [0.29, 0.717) is 0 Å². The van der Waals surface area contributed by atoms with Crippen molar-refractivity contribution in [3.63, 3.8) is 0 Å². The van der Waals surface area contributed by atoms with Gasteiger partial charge in [0.1, 0.15) is 0 Å². The summed E-state index contributed by atoms with van der Waals surface area (Å²) in [5, 5.41) is 7.47. The molecule has 0 aliphatic rings. The molecule has 0 saturated carbocycles. The Hall–Kier alpha value is -1.89. The predicted octanol–water partition coefficient (Wildman–Crippen LogP) is 2.35. The Morgan fingerprint density at radius 3 is 2.59 bits per heavy atom. The van der Waals surface area contributed by atoms with Gasteiger partial charge in [0, 0.05) is 25.5 Å². The van der Waals surface area contributed by atoms with Crippen molar-refractivity contribution in [3.05, 3.63) is 36.8 Å². The number of nitrogens with one attached hydrogen (secondary N) is 1. The molecule has 0 aliphatic carbocycles. The average molecular weight is 322 g/mol. The van der Waals surface area contributed by atoms with E-state index in [9.17, 15) is 8.42 Å². The first-order chi connectivity index (χ1) is 10.3. The third-order valence-electron chi connectivity index (χ3n) is 3.27. The topological polar surface area (TPSA) is 76.9 Å². The molecule has 2 rings (SSSR count). The van der Waals surface area contributed by atoms with Gasteiger partial charge in [0.15, 0.2) is 14.9 Å². The first-order valence-corrected chi connectivity index (χ1v) is 8.71. The minimum absolute atomic E-state index is 0.113. The van der Waals surface area contributed by atoms with Gasteiger partial charge in [0.2, 0.25) is 0 Å². The molecule has 7 heteroatoms. The lowest BCUT2D eigenvalue weighted by atomic mass is 10.3. The SMILES string of the molecule is CC(C)(C)S(=O)(=O)c1ccc(NCCCn2cccn2)cn1. The van der Waals surface area contributed by atoms with Crippen molar-refractivity contribution in [2.45, 2.75) is 43.5 Å². The van der Waals surface area contributed by atoms with Gasteiger partial charge in [-0.25, -0.2) is 13.4 Å². The normalized spacial score (nSPS) is 12.3.